The van der Waals surface area contributed by atoms with Crippen LogP contribution in [0.5, 0.6) is 0 Å². The van der Waals surface area contributed by atoms with Crippen molar-refractivity contribution in [3.05, 3.63) is 52.1 Å². The number of benzene rings is 1. The Kier molecular flexibility index (Phi) is 2.44. The highest BCUT2D eigenvalue weighted by Gasteiger charge is 2.15. The summed E-state index contributed by atoms with van der Waals surface area (Å²) in [6.45, 7) is 3.76. The van der Waals surface area contributed by atoms with E-state index in [2.05, 4.69) is 4.98 Å². The van der Waals surface area contributed by atoms with Gasteiger partial charge in [-0.05, 0) is 19.9 Å². The summed E-state index contributed by atoms with van der Waals surface area (Å²) in [7, 11) is 0. The van der Waals surface area contributed by atoms with Crippen molar-refractivity contribution in [1.82, 2.24) is 9.55 Å². The molecule has 0 N–H and O–H groups in total. The molecule has 1 heterocycles. The standard InChI is InChI=1S/C11H11N3O2/c1-8-9(2)13(7-12-8)10-5-3-4-6-11(10)14(15)16/h3-7H,1-2H3. The van der Waals surface area contributed by atoms with Crippen molar-refractivity contribution in [2.45, 2.75) is 13.8 Å². The number of imidazole rings is 1. The zero-order chi connectivity index (χ0) is 11.7. The number of nitro benzene ring substituents is 1. The van der Waals surface area contributed by atoms with Crippen LogP contribution in [0.2, 0.25) is 0 Å². The minimum Gasteiger partial charge on any atom is -0.297 e. The van der Waals surface area contributed by atoms with Gasteiger partial charge in [0, 0.05) is 11.8 Å². The van der Waals surface area contributed by atoms with E-state index in [0.29, 0.717) is 5.69 Å². The third-order valence-electron chi connectivity index (χ3n) is 2.59. The Morgan fingerprint density at radius 1 is 1.31 bits per heavy atom. The van der Waals surface area contributed by atoms with E-state index < -0.39 is 0 Å². The molecule has 5 nitrogen and oxygen atoms in total. The Morgan fingerprint density at radius 3 is 2.56 bits per heavy atom. The van der Waals surface area contributed by atoms with Gasteiger partial charge >= 0.3 is 0 Å². The number of rotatable bonds is 2. The van der Waals surface area contributed by atoms with Gasteiger partial charge in [-0.2, -0.15) is 0 Å². The second-order valence-electron chi connectivity index (χ2n) is 3.53. The second kappa shape index (κ2) is 3.77. The van der Waals surface area contributed by atoms with Crippen LogP contribution in [0.25, 0.3) is 5.69 Å². The smallest absolute Gasteiger partial charge is 0.293 e. The summed E-state index contributed by atoms with van der Waals surface area (Å²) >= 11 is 0. The molecule has 0 aliphatic rings. The largest absolute Gasteiger partial charge is 0.297 e. The van der Waals surface area contributed by atoms with E-state index in [0.717, 1.165) is 11.4 Å². The summed E-state index contributed by atoms with van der Waals surface area (Å²) < 4.78 is 1.73. The van der Waals surface area contributed by atoms with E-state index in [1.165, 1.54) is 6.07 Å². The predicted molar refractivity (Wildman–Crippen MR) is 59.7 cm³/mol. The van der Waals surface area contributed by atoms with Gasteiger partial charge in [-0.25, -0.2) is 4.98 Å². The van der Waals surface area contributed by atoms with Gasteiger partial charge in [0.2, 0.25) is 0 Å². The monoisotopic (exact) mass is 217 g/mol. The minimum atomic E-state index is -0.385. The summed E-state index contributed by atoms with van der Waals surface area (Å²) in [6.07, 6.45) is 1.60. The molecule has 0 amide bonds. The first-order valence-electron chi connectivity index (χ1n) is 4.85. The van der Waals surface area contributed by atoms with Crippen LogP contribution in [0.3, 0.4) is 0 Å². The zero-order valence-electron chi connectivity index (χ0n) is 9.04. The number of nitrogens with zero attached hydrogens (tertiary/aromatic N) is 3. The van der Waals surface area contributed by atoms with Gasteiger partial charge in [0.05, 0.1) is 16.9 Å². The fourth-order valence-electron chi connectivity index (χ4n) is 1.56. The molecule has 0 aliphatic carbocycles. The van der Waals surface area contributed by atoms with Crippen LogP contribution in [0.15, 0.2) is 30.6 Å². The van der Waals surface area contributed by atoms with E-state index in [-0.39, 0.29) is 10.6 Å². The number of aromatic nitrogens is 2. The Morgan fingerprint density at radius 2 is 2.00 bits per heavy atom. The van der Waals surface area contributed by atoms with Crippen molar-refractivity contribution >= 4 is 5.69 Å². The van der Waals surface area contributed by atoms with Crippen molar-refractivity contribution in [1.29, 1.82) is 0 Å². The van der Waals surface area contributed by atoms with E-state index in [1.807, 2.05) is 13.8 Å². The van der Waals surface area contributed by atoms with Gasteiger partial charge in [0.1, 0.15) is 5.69 Å². The highest BCUT2D eigenvalue weighted by molar-refractivity contribution is 5.53. The summed E-state index contributed by atoms with van der Waals surface area (Å²) in [4.78, 5) is 14.6. The van der Waals surface area contributed by atoms with Crippen molar-refractivity contribution in [3.63, 3.8) is 0 Å². The lowest BCUT2D eigenvalue weighted by molar-refractivity contribution is -0.384. The van der Waals surface area contributed by atoms with Crippen LogP contribution < -0.4 is 0 Å². The van der Waals surface area contributed by atoms with E-state index >= 15 is 0 Å². The normalized spacial score (nSPS) is 10.4. The van der Waals surface area contributed by atoms with E-state index in [1.54, 1.807) is 29.1 Å². The van der Waals surface area contributed by atoms with Gasteiger partial charge in [0.25, 0.3) is 5.69 Å². The highest BCUT2D eigenvalue weighted by Crippen LogP contribution is 2.23. The maximum absolute atomic E-state index is 10.9. The van der Waals surface area contributed by atoms with Crippen LogP contribution in [-0.4, -0.2) is 14.5 Å². The number of para-hydroxylation sites is 2. The maximum atomic E-state index is 10.9. The lowest BCUT2D eigenvalue weighted by atomic mass is 10.2. The summed E-state index contributed by atoms with van der Waals surface area (Å²) in [5.74, 6) is 0. The van der Waals surface area contributed by atoms with Crippen LogP contribution in [0.1, 0.15) is 11.4 Å². The van der Waals surface area contributed by atoms with E-state index in [4.69, 9.17) is 0 Å². The molecule has 0 bridgehead atoms. The van der Waals surface area contributed by atoms with Gasteiger partial charge < -0.3 is 0 Å². The maximum Gasteiger partial charge on any atom is 0.293 e. The van der Waals surface area contributed by atoms with Crippen LogP contribution >= 0.6 is 0 Å². The molecule has 1 aromatic heterocycles. The number of nitro groups is 1. The molecule has 0 radical (unpaired) electrons. The highest BCUT2D eigenvalue weighted by atomic mass is 16.6. The summed E-state index contributed by atoms with van der Waals surface area (Å²) in [5.41, 5.74) is 2.42. The van der Waals surface area contributed by atoms with Crippen molar-refractivity contribution in [3.8, 4) is 5.69 Å². The molecule has 82 valence electrons. The fourth-order valence-corrected chi connectivity index (χ4v) is 1.56. The number of aryl methyl sites for hydroxylation is 1. The first kappa shape index (κ1) is 10.4. The van der Waals surface area contributed by atoms with Gasteiger partial charge in [-0.3, -0.25) is 14.7 Å². The molecule has 0 spiro atoms. The SMILES string of the molecule is Cc1ncn(-c2ccccc2[N+](=O)[O-])c1C. The molecule has 0 saturated carbocycles. The quantitative estimate of drug-likeness (QED) is 0.573. The van der Waals surface area contributed by atoms with Crippen molar-refractivity contribution in [2.24, 2.45) is 0 Å². The second-order valence-corrected chi connectivity index (χ2v) is 3.53. The molecule has 2 rings (SSSR count). The molecule has 0 aliphatic heterocycles. The molecular weight excluding hydrogens is 206 g/mol. The number of hydrogen-bond donors (Lipinski definition) is 0. The molecule has 16 heavy (non-hydrogen) atoms. The predicted octanol–water partition coefficient (Wildman–Crippen LogP) is 2.40. The Hall–Kier alpha value is -2.17. The fraction of sp³-hybridized carbons (Fsp3) is 0.182. The Labute approximate surface area is 92.5 Å². The summed E-state index contributed by atoms with van der Waals surface area (Å²) in [5, 5.41) is 10.9. The molecule has 0 fully saturated rings. The van der Waals surface area contributed by atoms with E-state index in [9.17, 15) is 10.1 Å². The average molecular weight is 217 g/mol. The molecule has 2 aromatic rings. The van der Waals surface area contributed by atoms with Gasteiger partial charge in [-0.15, -0.1) is 0 Å². The molecule has 5 heteroatoms. The zero-order valence-corrected chi connectivity index (χ0v) is 9.04. The summed E-state index contributed by atoms with van der Waals surface area (Å²) in [6, 6.07) is 6.63. The molecule has 0 saturated heterocycles. The van der Waals surface area contributed by atoms with Gasteiger partial charge in [0.15, 0.2) is 0 Å². The molecule has 1 aromatic carbocycles. The lowest BCUT2D eigenvalue weighted by Crippen LogP contribution is -2.00. The number of hydrogen-bond acceptors (Lipinski definition) is 3. The van der Waals surface area contributed by atoms with Crippen molar-refractivity contribution in [2.75, 3.05) is 0 Å². The van der Waals surface area contributed by atoms with Gasteiger partial charge in [-0.1, -0.05) is 12.1 Å². The molecule has 0 unspecified atom stereocenters. The topological polar surface area (TPSA) is 61.0 Å². The minimum absolute atomic E-state index is 0.0861. The van der Waals surface area contributed by atoms with Crippen LogP contribution in [0, 0.1) is 24.0 Å². The third kappa shape index (κ3) is 1.56. The first-order valence-corrected chi connectivity index (χ1v) is 4.85. The van der Waals surface area contributed by atoms with Crippen LogP contribution in [0.4, 0.5) is 5.69 Å². The third-order valence-corrected chi connectivity index (χ3v) is 2.59. The van der Waals surface area contributed by atoms with Crippen LogP contribution in [-0.2, 0) is 0 Å². The lowest BCUT2D eigenvalue weighted by Gasteiger charge is -2.05. The first-order chi connectivity index (χ1) is 7.61. The average Bonchev–Trinajstić information content (AvgIpc) is 2.60. The Balaban J connectivity index is 2.64. The Bertz CT molecular complexity index is 546. The molecular formula is C11H11N3O2. The van der Waals surface area contributed by atoms with Crippen molar-refractivity contribution < 1.29 is 4.92 Å². The molecule has 0 atom stereocenters.